The van der Waals surface area contributed by atoms with E-state index in [-0.39, 0.29) is 22.9 Å². The van der Waals surface area contributed by atoms with Crippen molar-refractivity contribution in [2.24, 2.45) is 0 Å². The van der Waals surface area contributed by atoms with E-state index in [4.69, 9.17) is 16.2 Å². The highest BCUT2D eigenvalue weighted by Gasteiger charge is 2.53. The van der Waals surface area contributed by atoms with E-state index in [1.807, 2.05) is 0 Å². The standard InChI is InChI=1S/C11H15FN6O3/c1-11(2-19)6(20)4(12)9(21-11)18-3-15-5-7(13)16-10(14)17-8(5)18/h3-4,6,9,19-20H,2H2,1H3,(H4,13,14,16,17). The number of imidazole rings is 1. The van der Waals surface area contributed by atoms with E-state index >= 15 is 0 Å². The van der Waals surface area contributed by atoms with Gasteiger partial charge in [-0.25, -0.2) is 9.37 Å². The van der Waals surface area contributed by atoms with E-state index < -0.39 is 30.7 Å². The molecular formula is C11H15FN6O3. The average Bonchev–Trinajstić information content (AvgIpc) is 2.95. The molecule has 4 unspecified atom stereocenters. The van der Waals surface area contributed by atoms with Gasteiger partial charge in [0, 0.05) is 0 Å². The maximum absolute atomic E-state index is 14.3. The van der Waals surface area contributed by atoms with Gasteiger partial charge < -0.3 is 26.4 Å². The zero-order valence-electron chi connectivity index (χ0n) is 11.1. The second-order valence-corrected chi connectivity index (χ2v) is 5.16. The van der Waals surface area contributed by atoms with Crippen molar-refractivity contribution in [1.29, 1.82) is 0 Å². The fourth-order valence-corrected chi connectivity index (χ4v) is 2.39. The van der Waals surface area contributed by atoms with Gasteiger partial charge in [-0.1, -0.05) is 0 Å². The molecule has 0 spiro atoms. The lowest BCUT2D eigenvalue weighted by Gasteiger charge is -2.24. The number of fused-ring (bicyclic) bond motifs is 1. The summed E-state index contributed by atoms with van der Waals surface area (Å²) in [6.07, 6.45) is -3.17. The van der Waals surface area contributed by atoms with Crippen molar-refractivity contribution >= 4 is 22.9 Å². The molecule has 2 aromatic heterocycles. The molecule has 10 heteroatoms. The minimum Gasteiger partial charge on any atom is -0.393 e. The Morgan fingerprint density at radius 3 is 2.81 bits per heavy atom. The first-order valence-corrected chi connectivity index (χ1v) is 6.23. The predicted octanol–water partition coefficient (Wildman–Crippen LogP) is -1.03. The molecule has 0 aliphatic carbocycles. The van der Waals surface area contributed by atoms with E-state index in [2.05, 4.69) is 15.0 Å². The van der Waals surface area contributed by atoms with Gasteiger partial charge in [0.05, 0.1) is 12.9 Å². The minimum atomic E-state index is -1.77. The number of hydrogen-bond acceptors (Lipinski definition) is 8. The van der Waals surface area contributed by atoms with Crippen LogP contribution in [0, 0.1) is 0 Å². The quantitative estimate of drug-likeness (QED) is 0.550. The number of anilines is 2. The molecule has 3 rings (SSSR count). The molecular weight excluding hydrogens is 283 g/mol. The molecule has 3 heterocycles. The number of nitrogens with zero attached hydrogens (tertiary/aromatic N) is 4. The summed E-state index contributed by atoms with van der Waals surface area (Å²) in [6, 6.07) is 0. The number of aromatic nitrogens is 4. The number of rotatable bonds is 2. The predicted molar refractivity (Wildman–Crippen MR) is 70.7 cm³/mol. The van der Waals surface area contributed by atoms with Crippen LogP contribution < -0.4 is 11.5 Å². The van der Waals surface area contributed by atoms with Crippen LogP contribution in [0.3, 0.4) is 0 Å². The lowest BCUT2D eigenvalue weighted by atomic mass is 9.99. The van der Waals surface area contributed by atoms with Gasteiger partial charge in [0.25, 0.3) is 0 Å². The molecule has 1 fully saturated rings. The molecule has 0 aromatic carbocycles. The minimum absolute atomic E-state index is 0.0649. The number of alkyl halides is 1. The van der Waals surface area contributed by atoms with Crippen molar-refractivity contribution in [3.8, 4) is 0 Å². The first-order chi connectivity index (χ1) is 9.87. The summed E-state index contributed by atoms with van der Waals surface area (Å²) in [7, 11) is 0. The topological polar surface area (TPSA) is 145 Å². The summed E-state index contributed by atoms with van der Waals surface area (Å²) in [5, 5.41) is 19.2. The third-order valence-electron chi connectivity index (χ3n) is 3.64. The summed E-state index contributed by atoms with van der Waals surface area (Å²) in [6.45, 7) is 0.887. The van der Waals surface area contributed by atoms with Crippen LogP contribution in [0.4, 0.5) is 16.2 Å². The number of aliphatic hydroxyl groups excluding tert-OH is 2. The highest BCUT2D eigenvalue weighted by molar-refractivity contribution is 5.82. The Labute approximate surface area is 118 Å². The summed E-state index contributed by atoms with van der Waals surface area (Å²) < 4.78 is 21.1. The van der Waals surface area contributed by atoms with Crippen molar-refractivity contribution < 1.29 is 19.3 Å². The van der Waals surface area contributed by atoms with Crippen molar-refractivity contribution in [3.63, 3.8) is 0 Å². The Hall–Kier alpha value is -2.04. The van der Waals surface area contributed by atoms with Crippen molar-refractivity contribution in [3.05, 3.63) is 6.33 Å². The molecule has 2 aromatic rings. The van der Waals surface area contributed by atoms with Gasteiger partial charge in [0.2, 0.25) is 5.95 Å². The van der Waals surface area contributed by atoms with Crippen LogP contribution in [0.5, 0.6) is 0 Å². The first kappa shape index (κ1) is 13.9. The number of nitrogens with two attached hydrogens (primary N) is 2. The van der Waals surface area contributed by atoms with Crippen molar-refractivity contribution in [1.82, 2.24) is 19.5 Å². The third kappa shape index (κ3) is 1.91. The Kier molecular flexibility index (Phi) is 2.97. The largest absolute Gasteiger partial charge is 0.393 e. The molecule has 4 atom stereocenters. The van der Waals surface area contributed by atoms with Crippen LogP contribution in [-0.2, 0) is 4.74 Å². The van der Waals surface area contributed by atoms with Crippen LogP contribution in [0.1, 0.15) is 13.2 Å². The number of ether oxygens (including phenoxy) is 1. The molecule has 1 aliphatic heterocycles. The van der Waals surface area contributed by atoms with Crippen molar-refractivity contribution in [2.45, 2.75) is 31.0 Å². The molecule has 9 nitrogen and oxygen atoms in total. The van der Waals surface area contributed by atoms with E-state index in [1.54, 1.807) is 0 Å². The highest BCUT2D eigenvalue weighted by atomic mass is 19.1. The van der Waals surface area contributed by atoms with Gasteiger partial charge in [-0.3, -0.25) is 4.57 Å². The lowest BCUT2D eigenvalue weighted by Crippen LogP contribution is -2.42. The molecule has 0 radical (unpaired) electrons. The number of hydrogen-bond donors (Lipinski definition) is 4. The highest BCUT2D eigenvalue weighted by Crippen LogP contribution is 2.39. The fourth-order valence-electron chi connectivity index (χ4n) is 2.39. The van der Waals surface area contributed by atoms with E-state index in [0.717, 1.165) is 0 Å². The van der Waals surface area contributed by atoms with E-state index in [1.165, 1.54) is 17.8 Å². The van der Waals surface area contributed by atoms with Gasteiger partial charge in [-0.05, 0) is 6.92 Å². The number of nitrogen functional groups attached to an aromatic ring is 2. The summed E-state index contributed by atoms with van der Waals surface area (Å²) in [4.78, 5) is 11.7. The fraction of sp³-hybridized carbons (Fsp3) is 0.545. The van der Waals surface area contributed by atoms with Crippen LogP contribution >= 0.6 is 0 Å². The normalized spacial score (nSPS) is 32.9. The summed E-state index contributed by atoms with van der Waals surface area (Å²) >= 11 is 0. The van der Waals surface area contributed by atoms with Crippen LogP contribution in [0.15, 0.2) is 6.33 Å². The average molecular weight is 298 g/mol. The Morgan fingerprint density at radius 2 is 2.19 bits per heavy atom. The lowest BCUT2D eigenvalue weighted by molar-refractivity contribution is -0.115. The van der Waals surface area contributed by atoms with Gasteiger partial charge >= 0.3 is 0 Å². The Balaban J connectivity index is 2.10. The van der Waals surface area contributed by atoms with Crippen LogP contribution in [0.2, 0.25) is 0 Å². The number of aliphatic hydroxyl groups is 2. The molecule has 1 saturated heterocycles. The van der Waals surface area contributed by atoms with Gasteiger partial charge in [0.15, 0.2) is 23.9 Å². The molecule has 0 amide bonds. The third-order valence-corrected chi connectivity index (χ3v) is 3.64. The van der Waals surface area contributed by atoms with E-state index in [0.29, 0.717) is 0 Å². The maximum Gasteiger partial charge on any atom is 0.224 e. The summed E-state index contributed by atoms with van der Waals surface area (Å²) in [5.41, 5.74) is 10.2. The molecule has 1 aliphatic rings. The van der Waals surface area contributed by atoms with Crippen LogP contribution in [0.25, 0.3) is 11.2 Å². The Bertz CT molecular complexity index is 694. The van der Waals surface area contributed by atoms with Gasteiger partial charge in [-0.2, -0.15) is 9.97 Å². The molecule has 0 saturated carbocycles. The molecule has 21 heavy (non-hydrogen) atoms. The molecule has 0 bridgehead atoms. The maximum atomic E-state index is 14.3. The summed E-state index contributed by atoms with van der Waals surface area (Å²) in [5.74, 6) is -0.0178. The zero-order valence-corrected chi connectivity index (χ0v) is 11.1. The van der Waals surface area contributed by atoms with Gasteiger partial charge in [-0.15, -0.1) is 0 Å². The SMILES string of the molecule is CC1(CO)OC(n2cnc3c(N)nc(N)nc32)C(F)C1O. The van der Waals surface area contributed by atoms with E-state index in [9.17, 15) is 14.6 Å². The zero-order chi connectivity index (χ0) is 15.4. The van der Waals surface area contributed by atoms with Gasteiger partial charge in [0.1, 0.15) is 17.2 Å². The molecule has 6 N–H and O–H groups in total. The molecule has 114 valence electrons. The second kappa shape index (κ2) is 4.48. The smallest absolute Gasteiger partial charge is 0.224 e. The second-order valence-electron chi connectivity index (χ2n) is 5.16. The monoisotopic (exact) mass is 298 g/mol. The Morgan fingerprint density at radius 1 is 1.48 bits per heavy atom. The first-order valence-electron chi connectivity index (χ1n) is 6.23. The van der Waals surface area contributed by atoms with Crippen LogP contribution in [-0.4, -0.2) is 54.2 Å². The number of halogens is 1. The van der Waals surface area contributed by atoms with Crippen molar-refractivity contribution in [2.75, 3.05) is 18.1 Å².